The second kappa shape index (κ2) is 8.14. The second-order valence-corrected chi connectivity index (χ2v) is 4.35. The van der Waals surface area contributed by atoms with Gasteiger partial charge in [-0.2, -0.15) is 0 Å². The van der Waals surface area contributed by atoms with E-state index in [1.807, 2.05) is 36.4 Å². The number of fused-ring (bicyclic) bond motifs is 1. The van der Waals surface area contributed by atoms with E-state index in [9.17, 15) is 9.90 Å². The van der Waals surface area contributed by atoms with Gasteiger partial charge in [0.05, 0.1) is 0 Å². The summed E-state index contributed by atoms with van der Waals surface area (Å²) in [5, 5.41) is 19.5. The summed E-state index contributed by atoms with van der Waals surface area (Å²) in [5.74, 6) is -0.332. The molecule has 0 amide bonds. The lowest BCUT2D eigenvalue weighted by atomic mass is 10.1. The molecule has 0 saturated heterocycles. The number of phenols is 1. The van der Waals surface area contributed by atoms with Gasteiger partial charge in [-0.05, 0) is 17.9 Å². The molecule has 0 aliphatic heterocycles. The summed E-state index contributed by atoms with van der Waals surface area (Å²) in [6.07, 6.45) is 3.28. The Balaban J connectivity index is 0.000000203. The zero-order chi connectivity index (χ0) is 14.1. The van der Waals surface area contributed by atoms with Crippen molar-refractivity contribution in [3.05, 3.63) is 42.5 Å². The topological polar surface area (TPSA) is 57.5 Å². The summed E-state index contributed by atoms with van der Waals surface area (Å²) in [5.41, 5.74) is 0. The lowest BCUT2D eigenvalue weighted by Crippen LogP contribution is -1.92. The summed E-state index contributed by atoms with van der Waals surface area (Å²) in [6.45, 7) is 2.06. The van der Waals surface area contributed by atoms with Crippen LogP contribution in [0.3, 0.4) is 0 Å². The van der Waals surface area contributed by atoms with E-state index >= 15 is 0 Å². The van der Waals surface area contributed by atoms with Crippen molar-refractivity contribution in [1.82, 2.24) is 0 Å². The maximum atomic E-state index is 9.87. The van der Waals surface area contributed by atoms with Gasteiger partial charge in [-0.15, -0.1) is 0 Å². The first-order valence-corrected chi connectivity index (χ1v) is 6.53. The van der Waals surface area contributed by atoms with Crippen molar-refractivity contribution < 1.29 is 15.0 Å². The predicted octanol–water partition coefficient (Wildman–Crippen LogP) is 4.20. The lowest BCUT2D eigenvalue weighted by Gasteiger charge is -1.97. The predicted molar refractivity (Wildman–Crippen MR) is 77.4 cm³/mol. The van der Waals surface area contributed by atoms with Crippen LogP contribution in [0, 0.1) is 0 Å². The van der Waals surface area contributed by atoms with E-state index in [4.69, 9.17) is 5.11 Å². The quantitative estimate of drug-likeness (QED) is 0.810. The van der Waals surface area contributed by atoms with E-state index in [1.165, 1.54) is 0 Å². The lowest BCUT2D eigenvalue weighted by molar-refractivity contribution is -0.137. The van der Waals surface area contributed by atoms with Crippen LogP contribution in [0.4, 0.5) is 0 Å². The van der Waals surface area contributed by atoms with E-state index in [0.717, 1.165) is 30.0 Å². The first-order chi connectivity index (χ1) is 9.15. The van der Waals surface area contributed by atoms with Crippen LogP contribution in [-0.4, -0.2) is 16.2 Å². The number of unbranched alkanes of at least 4 members (excludes halogenated alkanes) is 2. The third-order valence-corrected chi connectivity index (χ3v) is 2.76. The molecule has 0 fully saturated rings. The van der Waals surface area contributed by atoms with Crippen molar-refractivity contribution in [2.75, 3.05) is 0 Å². The number of carboxylic acid groups (broad SMARTS) is 1. The Labute approximate surface area is 113 Å². The SMILES string of the molecule is CCCCCC(=O)O.Oc1cccc2ccccc12. The normalized spacial score (nSPS) is 9.74. The maximum absolute atomic E-state index is 9.87. The number of rotatable bonds is 4. The van der Waals surface area contributed by atoms with Crippen molar-refractivity contribution in [3.63, 3.8) is 0 Å². The zero-order valence-electron chi connectivity index (χ0n) is 11.2. The summed E-state index contributed by atoms with van der Waals surface area (Å²) in [7, 11) is 0. The van der Waals surface area contributed by atoms with Gasteiger partial charge in [-0.25, -0.2) is 0 Å². The smallest absolute Gasteiger partial charge is 0.303 e. The Bertz CT molecular complexity index is 515. The largest absolute Gasteiger partial charge is 0.507 e. The first kappa shape index (κ1) is 15.0. The Morgan fingerprint density at radius 3 is 2.37 bits per heavy atom. The minimum absolute atomic E-state index is 0.327. The number of aliphatic carboxylic acids is 1. The molecule has 0 aliphatic rings. The third-order valence-electron chi connectivity index (χ3n) is 2.76. The molecule has 0 aromatic heterocycles. The maximum Gasteiger partial charge on any atom is 0.303 e. The highest BCUT2D eigenvalue weighted by Gasteiger charge is 1.94. The zero-order valence-corrected chi connectivity index (χ0v) is 11.2. The van der Waals surface area contributed by atoms with Gasteiger partial charge >= 0.3 is 5.97 Å². The number of aromatic hydroxyl groups is 1. The van der Waals surface area contributed by atoms with Crippen molar-refractivity contribution in [3.8, 4) is 5.75 Å². The molecule has 0 heterocycles. The fourth-order valence-electron chi connectivity index (χ4n) is 1.73. The molecule has 2 aromatic carbocycles. The van der Waals surface area contributed by atoms with Crippen LogP contribution in [0.1, 0.15) is 32.6 Å². The van der Waals surface area contributed by atoms with Gasteiger partial charge in [-0.1, -0.05) is 56.2 Å². The van der Waals surface area contributed by atoms with Crippen LogP contribution in [0.15, 0.2) is 42.5 Å². The van der Waals surface area contributed by atoms with Crippen LogP contribution in [0.25, 0.3) is 10.8 Å². The fourth-order valence-corrected chi connectivity index (χ4v) is 1.73. The number of hydrogen-bond acceptors (Lipinski definition) is 2. The highest BCUT2D eigenvalue weighted by atomic mass is 16.4. The molecule has 3 nitrogen and oxygen atoms in total. The van der Waals surface area contributed by atoms with Crippen LogP contribution in [-0.2, 0) is 4.79 Å². The van der Waals surface area contributed by atoms with Gasteiger partial charge in [0.2, 0.25) is 0 Å². The molecule has 0 saturated carbocycles. The van der Waals surface area contributed by atoms with Crippen molar-refractivity contribution in [2.45, 2.75) is 32.6 Å². The number of carboxylic acids is 1. The molecule has 2 N–H and O–H groups in total. The Morgan fingerprint density at radius 1 is 1.05 bits per heavy atom. The van der Waals surface area contributed by atoms with E-state index in [1.54, 1.807) is 6.07 Å². The van der Waals surface area contributed by atoms with Crippen molar-refractivity contribution in [1.29, 1.82) is 0 Å². The van der Waals surface area contributed by atoms with Crippen molar-refractivity contribution >= 4 is 16.7 Å². The summed E-state index contributed by atoms with van der Waals surface area (Å²) < 4.78 is 0. The second-order valence-electron chi connectivity index (χ2n) is 4.35. The van der Waals surface area contributed by atoms with Gasteiger partial charge in [-0.3, -0.25) is 4.79 Å². The molecule has 19 heavy (non-hydrogen) atoms. The molecule has 3 heteroatoms. The number of hydrogen-bond donors (Lipinski definition) is 2. The highest BCUT2D eigenvalue weighted by Crippen LogP contribution is 2.22. The number of phenolic OH excluding ortho intramolecular Hbond substituents is 1. The molecular weight excluding hydrogens is 240 g/mol. The highest BCUT2D eigenvalue weighted by molar-refractivity contribution is 5.87. The number of carbonyl (C=O) groups is 1. The van der Waals surface area contributed by atoms with Gasteiger partial charge in [0.25, 0.3) is 0 Å². The first-order valence-electron chi connectivity index (χ1n) is 6.53. The average molecular weight is 260 g/mol. The van der Waals surface area contributed by atoms with Gasteiger partial charge in [0.15, 0.2) is 0 Å². The minimum Gasteiger partial charge on any atom is -0.507 e. The Kier molecular flexibility index (Phi) is 6.44. The summed E-state index contributed by atoms with van der Waals surface area (Å²) in [6, 6.07) is 13.3. The van der Waals surface area contributed by atoms with E-state index in [0.29, 0.717) is 12.2 Å². The molecule has 0 bridgehead atoms. The van der Waals surface area contributed by atoms with Crippen LogP contribution >= 0.6 is 0 Å². The monoisotopic (exact) mass is 260 g/mol. The van der Waals surface area contributed by atoms with E-state index < -0.39 is 5.97 Å². The van der Waals surface area contributed by atoms with Gasteiger partial charge < -0.3 is 10.2 Å². The number of benzene rings is 2. The van der Waals surface area contributed by atoms with Crippen LogP contribution < -0.4 is 0 Å². The Morgan fingerprint density at radius 2 is 1.74 bits per heavy atom. The van der Waals surface area contributed by atoms with Crippen molar-refractivity contribution in [2.24, 2.45) is 0 Å². The van der Waals surface area contributed by atoms with Crippen LogP contribution in [0.2, 0.25) is 0 Å². The van der Waals surface area contributed by atoms with Gasteiger partial charge in [0.1, 0.15) is 5.75 Å². The molecular formula is C16H20O3. The minimum atomic E-state index is -0.682. The molecule has 2 rings (SSSR count). The Hall–Kier alpha value is -2.03. The standard InChI is InChI=1S/C10H8O.C6H12O2/c11-10-7-3-5-8-4-1-2-6-9(8)10;1-2-3-4-5-6(7)8/h1-7,11H;2-5H2,1H3,(H,7,8). The molecule has 0 atom stereocenters. The third kappa shape index (κ3) is 5.42. The molecule has 0 unspecified atom stereocenters. The summed E-state index contributed by atoms with van der Waals surface area (Å²) >= 11 is 0. The average Bonchev–Trinajstić information content (AvgIpc) is 2.40. The molecule has 2 aromatic rings. The summed E-state index contributed by atoms with van der Waals surface area (Å²) in [4.78, 5) is 9.87. The fraction of sp³-hybridized carbons (Fsp3) is 0.312. The molecule has 0 spiro atoms. The van der Waals surface area contributed by atoms with Gasteiger partial charge in [0, 0.05) is 11.8 Å². The molecule has 102 valence electrons. The van der Waals surface area contributed by atoms with E-state index in [2.05, 4.69) is 6.92 Å². The molecule has 0 radical (unpaired) electrons. The van der Waals surface area contributed by atoms with E-state index in [-0.39, 0.29) is 0 Å². The molecule has 0 aliphatic carbocycles. The van der Waals surface area contributed by atoms with Crippen LogP contribution in [0.5, 0.6) is 5.75 Å².